The molecule has 0 saturated heterocycles. The molecule has 0 aliphatic carbocycles. The van der Waals surface area contributed by atoms with E-state index >= 15 is 0 Å². The van der Waals surface area contributed by atoms with Crippen LogP contribution in [0.3, 0.4) is 0 Å². The fourth-order valence-corrected chi connectivity index (χ4v) is 2.06. The molecule has 3 heteroatoms. The molecule has 0 aliphatic heterocycles. The Kier molecular flexibility index (Phi) is 2.62. The Balaban J connectivity index is 2.96. The van der Waals surface area contributed by atoms with Crippen molar-refractivity contribution in [3.05, 3.63) is 29.8 Å². The lowest BCUT2D eigenvalue weighted by atomic mass is 10.2. The summed E-state index contributed by atoms with van der Waals surface area (Å²) in [6.45, 7) is 3.45. The highest BCUT2D eigenvalue weighted by atomic mass is 28.4. The van der Waals surface area contributed by atoms with Crippen LogP contribution in [0.5, 0.6) is 0 Å². The molecular weight excluding hydrogens is 174 g/mol. The first kappa shape index (κ1) is 9.39. The third-order valence-electron chi connectivity index (χ3n) is 1.92. The molecule has 0 unspecified atom stereocenters. The number of hydrogen-bond donors (Lipinski definition) is 0. The van der Waals surface area contributed by atoms with E-state index in [4.69, 9.17) is 0 Å². The lowest BCUT2D eigenvalue weighted by Gasteiger charge is -2.10. The predicted octanol–water partition coefficient (Wildman–Crippen LogP) is 2.60. The topological polar surface area (TPSA) is 0 Å². The molecule has 0 aliphatic rings. The maximum atomic E-state index is 13.2. The summed E-state index contributed by atoms with van der Waals surface area (Å²) in [5, 5.41) is 0.246. The van der Waals surface area contributed by atoms with Crippen LogP contribution in [0.15, 0.2) is 24.3 Å². The maximum absolute atomic E-state index is 13.2. The average Bonchev–Trinajstić information content (AvgIpc) is 2.05. The van der Waals surface area contributed by atoms with Crippen molar-refractivity contribution in [2.75, 3.05) is 0 Å². The molecule has 0 bridgehead atoms. The Morgan fingerprint density at radius 1 is 1.17 bits per heavy atom. The number of hydrogen-bond acceptors (Lipinski definition) is 0. The van der Waals surface area contributed by atoms with E-state index in [2.05, 4.69) is 0 Å². The summed E-state index contributed by atoms with van der Waals surface area (Å²) < 4.78 is 26.3. The van der Waals surface area contributed by atoms with Gasteiger partial charge in [0.2, 0.25) is 0 Å². The van der Waals surface area contributed by atoms with Crippen LogP contribution in [-0.2, 0) is 0 Å². The van der Waals surface area contributed by atoms with Crippen LogP contribution < -0.4 is 5.19 Å². The number of benzene rings is 1. The molecule has 0 nitrogen and oxygen atoms in total. The summed E-state index contributed by atoms with van der Waals surface area (Å²) in [6.07, 6.45) is 0. The van der Waals surface area contributed by atoms with Crippen LogP contribution in [0.25, 0.3) is 0 Å². The summed E-state index contributed by atoms with van der Waals surface area (Å²) in [5.41, 5.74) is 1.03. The van der Waals surface area contributed by atoms with Gasteiger partial charge in [-0.1, -0.05) is 36.8 Å². The Morgan fingerprint density at radius 2 is 1.67 bits per heavy atom. The predicted molar refractivity (Wildman–Crippen MR) is 49.3 cm³/mol. The minimum Gasteiger partial charge on any atom is -0.265 e. The minimum absolute atomic E-state index is 0.00391. The molecule has 0 saturated carbocycles. The molecule has 0 atom stereocenters. The zero-order valence-corrected chi connectivity index (χ0v) is 8.27. The first-order valence-electron chi connectivity index (χ1n) is 4.01. The van der Waals surface area contributed by atoms with Gasteiger partial charge in [-0.2, -0.15) is 0 Å². The normalized spacial score (nSPS) is 11.7. The lowest BCUT2D eigenvalue weighted by Crippen LogP contribution is -2.37. The summed E-state index contributed by atoms with van der Waals surface area (Å²) in [4.78, 5) is 0. The van der Waals surface area contributed by atoms with Gasteiger partial charge in [-0.3, -0.25) is 8.22 Å². The van der Waals surface area contributed by atoms with Crippen LogP contribution in [-0.4, -0.2) is 8.74 Å². The van der Waals surface area contributed by atoms with E-state index in [0.29, 0.717) is 0 Å². The zero-order valence-electron chi connectivity index (χ0n) is 7.27. The molecule has 0 amide bonds. The van der Waals surface area contributed by atoms with Crippen LogP contribution in [0.2, 0.25) is 6.04 Å². The van der Waals surface area contributed by atoms with Crippen LogP contribution in [0.1, 0.15) is 12.5 Å². The quantitative estimate of drug-likeness (QED) is 0.492. The van der Waals surface area contributed by atoms with Gasteiger partial charge in [0, 0.05) is 5.19 Å². The summed E-state index contributed by atoms with van der Waals surface area (Å²) in [5.74, 6) is 0. The van der Waals surface area contributed by atoms with Gasteiger partial charge in [-0.25, -0.2) is 0 Å². The van der Waals surface area contributed by atoms with Crippen molar-refractivity contribution in [3.63, 3.8) is 0 Å². The molecule has 1 rings (SSSR count). The molecule has 0 heterocycles. The molecule has 0 fully saturated rings. The average molecular weight is 186 g/mol. The van der Waals surface area contributed by atoms with Crippen LogP contribution in [0, 0.1) is 6.92 Å². The van der Waals surface area contributed by atoms with Gasteiger partial charge in [-0.05, 0) is 13.0 Å². The lowest BCUT2D eigenvalue weighted by molar-refractivity contribution is 0.625. The highest BCUT2D eigenvalue weighted by Gasteiger charge is 2.34. The fourth-order valence-electron chi connectivity index (χ4n) is 1.00. The second kappa shape index (κ2) is 3.35. The molecule has 1 aromatic carbocycles. The fraction of sp³-hybridized carbons (Fsp3) is 0.333. The van der Waals surface area contributed by atoms with E-state index in [9.17, 15) is 8.22 Å². The molecule has 66 valence electrons. The van der Waals surface area contributed by atoms with Gasteiger partial charge in [0.05, 0.1) is 0 Å². The zero-order chi connectivity index (χ0) is 9.19. The van der Waals surface area contributed by atoms with Crippen molar-refractivity contribution >= 4 is 13.9 Å². The van der Waals surface area contributed by atoms with Crippen LogP contribution in [0.4, 0.5) is 8.22 Å². The van der Waals surface area contributed by atoms with Gasteiger partial charge in [0.1, 0.15) is 0 Å². The number of halogens is 2. The monoisotopic (exact) mass is 186 g/mol. The van der Waals surface area contributed by atoms with E-state index < -0.39 is 8.74 Å². The first-order chi connectivity index (χ1) is 5.56. The Morgan fingerprint density at radius 3 is 2.08 bits per heavy atom. The molecule has 0 aromatic heterocycles. The van der Waals surface area contributed by atoms with Crippen LogP contribution >= 0.6 is 0 Å². The standard InChI is InChI=1S/C9H12F2Si/c1-3-12(10,11)9-6-4-8(2)5-7-9/h4-7H,3H2,1-2H3. The van der Waals surface area contributed by atoms with Crippen molar-refractivity contribution in [1.82, 2.24) is 0 Å². The van der Waals surface area contributed by atoms with Gasteiger partial charge >= 0.3 is 8.74 Å². The van der Waals surface area contributed by atoms with E-state index in [1.165, 1.54) is 0 Å². The minimum atomic E-state index is -4.08. The highest BCUT2D eigenvalue weighted by Crippen LogP contribution is 2.12. The molecule has 12 heavy (non-hydrogen) atoms. The highest BCUT2D eigenvalue weighted by molar-refractivity contribution is 6.79. The SMILES string of the molecule is CC[Si](F)(F)c1ccc(C)cc1. The summed E-state index contributed by atoms with van der Waals surface area (Å²) in [7, 11) is -4.08. The molecule has 0 spiro atoms. The van der Waals surface area contributed by atoms with Crippen molar-refractivity contribution in [1.29, 1.82) is 0 Å². The Bertz CT molecular complexity index is 254. The second-order valence-electron chi connectivity index (χ2n) is 2.92. The largest absolute Gasteiger partial charge is 0.455 e. The van der Waals surface area contributed by atoms with Gasteiger partial charge in [0.15, 0.2) is 0 Å². The number of rotatable bonds is 2. The van der Waals surface area contributed by atoms with Crippen molar-refractivity contribution < 1.29 is 8.22 Å². The maximum Gasteiger partial charge on any atom is 0.455 e. The third-order valence-corrected chi connectivity index (χ3v) is 3.98. The summed E-state index contributed by atoms with van der Waals surface area (Å²) >= 11 is 0. The molecule has 1 aromatic rings. The second-order valence-corrected chi connectivity index (χ2v) is 5.62. The van der Waals surface area contributed by atoms with Gasteiger partial charge < -0.3 is 0 Å². The van der Waals surface area contributed by atoms with E-state index in [0.717, 1.165) is 5.56 Å². The summed E-state index contributed by atoms with van der Waals surface area (Å²) in [6, 6.07) is 6.57. The third kappa shape index (κ3) is 1.91. The molecule has 0 N–H and O–H groups in total. The van der Waals surface area contributed by atoms with Crippen molar-refractivity contribution in [2.45, 2.75) is 19.9 Å². The Labute approximate surface area is 72.6 Å². The first-order valence-corrected chi connectivity index (χ1v) is 5.97. The van der Waals surface area contributed by atoms with Gasteiger partial charge in [-0.15, -0.1) is 0 Å². The molecule has 0 radical (unpaired) electrons. The van der Waals surface area contributed by atoms with Gasteiger partial charge in [0.25, 0.3) is 0 Å². The van der Waals surface area contributed by atoms with E-state index in [1.54, 1.807) is 31.2 Å². The van der Waals surface area contributed by atoms with Crippen molar-refractivity contribution in [2.24, 2.45) is 0 Å². The van der Waals surface area contributed by atoms with E-state index in [1.807, 2.05) is 6.92 Å². The number of aryl methyl sites for hydroxylation is 1. The van der Waals surface area contributed by atoms with Crippen molar-refractivity contribution in [3.8, 4) is 0 Å². The smallest absolute Gasteiger partial charge is 0.265 e. The Hall–Kier alpha value is -0.703. The van der Waals surface area contributed by atoms with E-state index in [-0.39, 0.29) is 11.2 Å². The molecular formula is C9H12F2Si.